The highest BCUT2D eigenvalue weighted by Gasteiger charge is 2.21. The second-order valence-corrected chi connectivity index (χ2v) is 8.64. The number of carbonyl (C=O) groups excluding carboxylic acids is 4. The molecule has 0 fully saturated rings. The molecule has 10 heteroatoms. The standard InChI is InChI=1S/C27H23ClF2N2O5/c1-14-15(10-19(33)5-8-25(34)37-2)9-16(27(31)36)11-21(14)26(35)20-6-4-18(13-22(20)28)32-24-7-3-17(29)12-23(24)30/h3-4,6-7,9,11-13,32H,5,8,10H2,1-2H3,(H2,31,36). The minimum Gasteiger partial charge on any atom is -0.469 e. The SMILES string of the molecule is COC(=O)CCC(=O)Cc1cc(C(N)=O)cc(C(=O)c2ccc(Nc3ccc(F)cc3F)cc2Cl)c1C. The number of hydrogen-bond donors (Lipinski definition) is 2. The Bertz CT molecular complexity index is 1410. The summed E-state index contributed by atoms with van der Waals surface area (Å²) < 4.78 is 31.7. The maximum Gasteiger partial charge on any atom is 0.305 e. The Morgan fingerprint density at radius 2 is 1.70 bits per heavy atom. The van der Waals surface area contributed by atoms with E-state index in [-0.39, 0.29) is 52.4 Å². The van der Waals surface area contributed by atoms with Crippen LogP contribution in [0.2, 0.25) is 5.02 Å². The van der Waals surface area contributed by atoms with Crippen LogP contribution in [0.15, 0.2) is 48.5 Å². The normalized spacial score (nSPS) is 10.6. The summed E-state index contributed by atoms with van der Waals surface area (Å²) >= 11 is 6.36. The smallest absolute Gasteiger partial charge is 0.305 e. The van der Waals surface area contributed by atoms with E-state index >= 15 is 0 Å². The molecule has 3 aromatic rings. The molecule has 1 amide bonds. The molecule has 0 saturated carbocycles. The van der Waals surface area contributed by atoms with Crippen molar-refractivity contribution in [2.75, 3.05) is 12.4 Å². The molecule has 0 radical (unpaired) electrons. The minimum absolute atomic E-state index is 0.0167. The summed E-state index contributed by atoms with van der Waals surface area (Å²) in [5, 5.41) is 2.81. The number of benzene rings is 3. The van der Waals surface area contributed by atoms with Crippen molar-refractivity contribution in [3.05, 3.63) is 93.0 Å². The average molecular weight is 529 g/mol. The first-order valence-electron chi connectivity index (χ1n) is 11.1. The quantitative estimate of drug-likeness (QED) is 0.280. The summed E-state index contributed by atoms with van der Waals surface area (Å²) in [6, 6.07) is 10.1. The highest BCUT2D eigenvalue weighted by atomic mass is 35.5. The van der Waals surface area contributed by atoms with Gasteiger partial charge in [-0.15, -0.1) is 0 Å². The monoisotopic (exact) mass is 528 g/mol. The van der Waals surface area contributed by atoms with Gasteiger partial charge in [0.2, 0.25) is 5.91 Å². The number of ketones is 2. The van der Waals surface area contributed by atoms with Crippen LogP contribution in [-0.2, 0) is 20.7 Å². The second kappa shape index (κ2) is 11.7. The van der Waals surface area contributed by atoms with Gasteiger partial charge in [0.25, 0.3) is 0 Å². The fourth-order valence-electron chi connectivity index (χ4n) is 3.65. The van der Waals surface area contributed by atoms with E-state index in [4.69, 9.17) is 17.3 Å². The fourth-order valence-corrected chi connectivity index (χ4v) is 3.92. The van der Waals surface area contributed by atoms with Crippen molar-refractivity contribution in [3.8, 4) is 0 Å². The summed E-state index contributed by atoms with van der Waals surface area (Å²) in [5.41, 5.74) is 6.94. The minimum atomic E-state index is -0.802. The van der Waals surface area contributed by atoms with Gasteiger partial charge in [-0.1, -0.05) is 11.6 Å². The number of Topliss-reactive ketones (excluding diaryl/α,β-unsaturated/α-hetero) is 1. The van der Waals surface area contributed by atoms with Gasteiger partial charge in [0.05, 0.1) is 24.2 Å². The van der Waals surface area contributed by atoms with Gasteiger partial charge in [-0.25, -0.2) is 8.78 Å². The van der Waals surface area contributed by atoms with E-state index in [1.54, 1.807) is 6.92 Å². The van der Waals surface area contributed by atoms with Gasteiger partial charge in [-0.05, 0) is 60.5 Å². The predicted octanol–water partition coefficient (Wildman–Crippen LogP) is 5.06. The Labute approximate surface area is 216 Å². The van der Waals surface area contributed by atoms with Crippen LogP contribution >= 0.6 is 11.6 Å². The van der Waals surface area contributed by atoms with Crippen LogP contribution in [0.4, 0.5) is 20.2 Å². The van der Waals surface area contributed by atoms with E-state index in [1.807, 2.05) is 0 Å². The second-order valence-electron chi connectivity index (χ2n) is 8.24. The maximum absolute atomic E-state index is 14.0. The first-order chi connectivity index (χ1) is 17.5. The van der Waals surface area contributed by atoms with Gasteiger partial charge in [0.1, 0.15) is 17.4 Å². The van der Waals surface area contributed by atoms with Gasteiger partial charge in [-0.3, -0.25) is 19.2 Å². The number of esters is 1. The van der Waals surface area contributed by atoms with Gasteiger partial charge in [0, 0.05) is 41.3 Å². The highest BCUT2D eigenvalue weighted by molar-refractivity contribution is 6.35. The number of amides is 1. The largest absolute Gasteiger partial charge is 0.469 e. The zero-order valence-electron chi connectivity index (χ0n) is 20.0. The number of halogens is 3. The molecule has 0 unspecified atom stereocenters. The number of carbonyl (C=O) groups is 4. The number of anilines is 2. The van der Waals surface area contributed by atoms with Crippen molar-refractivity contribution in [1.29, 1.82) is 0 Å². The molecule has 0 aliphatic rings. The van der Waals surface area contributed by atoms with Crippen molar-refractivity contribution in [1.82, 2.24) is 0 Å². The molecule has 0 aromatic heterocycles. The number of nitrogens with one attached hydrogen (secondary N) is 1. The third-order valence-corrected chi connectivity index (χ3v) is 6.00. The Hall–Kier alpha value is -4.11. The van der Waals surface area contributed by atoms with Crippen LogP contribution < -0.4 is 11.1 Å². The topological polar surface area (TPSA) is 116 Å². The molecule has 37 heavy (non-hydrogen) atoms. The van der Waals surface area contributed by atoms with Gasteiger partial charge < -0.3 is 15.8 Å². The molecule has 3 N–H and O–H groups in total. The van der Waals surface area contributed by atoms with E-state index in [1.165, 1.54) is 43.5 Å². The van der Waals surface area contributed by atoms with Crippen LogP contribution in [0, 0.1) is 18.6 Å². The predicted molar refractivity (Wildman–Crippen MR) is 134 cm³/mol. The van der Waals surface area contributed by atoms with E-state index < -0.39 is 29.3 Å². The van der Waals surface area contributed by atoms with Crippen molar-refractivity contribution in [2.24, 2.45) is 5.73 Å². The van der Waals surface area contributed by atoms with E-state index in [0.717, 1.165) is 12.1 Å². The van der Waals surface area contributed by atoms with Crippen molar-refractivity contribution >= 4 is 46.4 Å². The summed E-state index contributed by atoms with van der Waals surface area (Å²) in [7, 11) is 1.22. The Morgan fingerprint density at radius 3 is 2.32 bits per heavy atom. The summed E-state index contributed by atoms with van der Waals surface area (Å²) in [6.45, 7) is 1.63. The molecule has 0 heterocycles. The lowest BCUT2D eigenvalue weighted by molar-refractivity contribution is -0.141. The van der Waals surface area contributed by atoms with Gasteiger partial charge >= 0.3 is 5.97 Å². The van der Waals surface area contributed by atoms with Crippen LogP contribution in [0.3, 0.4) is 0 Å². The molecule has 192 valence electrons. The lowest BCUT2D eigenvalue weighted by Crippen LogP contribution is -2.16. The molecule has 0 aliphatic heterocycles. The van der Waals surface area contributed by atoms with Crippen molar-refractivity contribution < 1.29 is 32.7 Å². The number of nitrogens with two attached hydrogens (primary N) is 1. The molecule has 3 aromatic carbocycles. The van der Waals surface area contributed by atoms with Crippen LogP contribution in [0.25, 0.3) is 0 Å². The zero-order valence-corrected chi connectivity index (χ0v) is 20.7. The Balaban J connectivity index is 1.90. The number of rotatable bonds is 10. The summed E-state index contributed by atoms with van der Waals surface area (Å²) in [6.07, 6.45) is -0.275. The molecule has 3 rings (SSSR count). The highest BCUT2D eigenvalue weighted by Crippen LogP contribution is 2.29. The van der Waals surface area contributed by atoms with Gasteiger partial charge in [-0.2, -0.15) is 0 Å². The summed E-state index contributed by atoms with van der Waals surface area (Å²) in [4.78, 5) is 49.1. The molecule has 0 saturated heterocycles. The number of hydrogen-bond acceptors (Lipinski definition) is 6. The first kappa shape index (κ1) is 27.5. The van der Waals surface area contributed by atoms with Crippen LogP contribution in [0.5, 0.6) is 0 Å². The molecule has 0 aliphatic carbocycles. The van der Waals surface area contributed by atoms with Gasteiger partial charge in [0.15, 0.2) is 5.78 Å². The van der Waals surface area contributed by atoms with Crippen LogP contribution in [0.1, 0.15) is 50.2 Å². The molecule has 0 bridgehead atoms. The fraction of sp³-hybridized carbons (Fsp3) is 0.185. The number of methoxy groups -OCH3 is 1. The van der Waals surface area contributed by atoms with Crippen molar-refractivity contribution in [3.63, 3.8) is 0 Å². The molecular formula is C27H23ClF2N2O5. The number of ether oxygens (including phenoxy) is 1. The molecule has 0 spiro atoms. The lowest BCUT2D eigenvalue weighted by atomic mass is 9.90. The average Bonchev–Trinajstić information content (AvgIpc) is 2.85. The Morgan fingerprint density at radius 1 is 0.973 bits per heavy atom. The maximum atomic E-state index is 14.0. The van der Waals surface area contributed by atoms with E-state index in [2.05, 4.69) is 10.1 Å². The summed E-state index contributed by atoms with van der Waals surface area (Å²) in [5.74, 6) is -3.64. The first-order valence-corrected chi connectivity index (χ1v) is 11.5. The third kappa shape index (κ3) is 6.77. The molecule has 0 atom stereocenters. The number of primary amides is 1. The third-order valence-electron chi connectivity index (χ3n) is 5.69. The Kier molecular flexibility index (Phi) is 8.73. The zero-order chi connectivity index (χ0) is 27.3. The molecular weight excluding hydrogens is 506 g/mol. The van der Waals surface area contributed by atoms with E-state index in [0.29, 0.717) is 16.8 Å². The van der Waals surface area contributed by atoms with Crippen molar-refractivity contribution in [2.45, 2.75) is 26.2 Å². The van der Waals surface area contributed by atoms with E-state index in [9.17, 15) is 28.0 Å². The molecule has 7 nitrogen and oxygen atoms in total. The van der Waals surface area contributed by atoms with Crippen LogP contribution in [-0.4, -0.2) is 30.6 Å². The lowest BCUT2D eigenvalue weighted by Gasteiger charge is -2.14.